The number of anilines is 1. The second-order valence-electron chi connectivity index (χ2n) is 8.26. The summed E-state index contributed by atoms with van der Waals surface area (Å²) in [5.74, 6) is -0.879. The molecule has 0 unspecified atom stereocenters. The average Bonchev–Trinajstić information content (AvgIpc) is 2.77. The van der Waals surface area contributed by atoms with Crippen molar-refractivity contribution in [3.05, 3.63) is 63.6 Å². The van der Waals surface area contributed by atoms with Crippen LogP contribution in [0.4, 0.5) is 5.69 Å². The van der Waals surface area contributed by atoms with E-state index in [1.807, 2.05) is 13.8 Å². The van der Waals surface area contributed by atoms with Crippen molar-refractivity contribution < 1.29 is 18.0 Å². The number of halogens is 2. The van der Waals surface area contributed by atoms with Crippen LogP contribution in [0.5, 0.6) is 0 Å². The minimum absolute atomic E-state index is 0.0414. The molecule has 0 spiro atoms. The molecule has 0 fully saturated rings. The molecule has 34 heavy (non-hydrogen) atoms. The van der Waals surface area contributed by atoms with Crippen LogP contribution in [0.2, 0.25) is 10.0 Å². The molecule has 0 radical (unpaired) electrons. The van der Waals surface area contributed by atoms with Gasteiger partial charge in [0.1, 0.15) is 12.6 Å². The highest BCUT2D eigenvalue weighted by atomic mass is 35.5. The van der Waals surface area contributed by atoms with Gasteiger partial charge in [0.15, 0.2) is 0 Å². The number of amides is 2. The summed E-state index contributed by atoms with van der Waals surface area (Å²) in [6.45, 7) is 6.66. The molecule has 0 aliphatic heterocycles. The lowest BCUT2D eigenvalue weighted by molar-refractivity contribution is -0.139. The summed E-state index contributed by atoms with van der Waals surface area (Å²) < 4.78 is 26.3. The smallest absolute Gasteiger partial charge is 0.244 e. The molecule has 2 atom stereocenters. The van der Waals surface area contributed by atoms with Crippen LogP contribution in [-0.4, -0.2) is 50.0 Å². The number of benzene rings is 2. The zero-order chi connectivity index (χ0) is 25.6. The van der Waals surface area contributed by atoms with E-state index in [9.17, 15) is 18.0 Å². The van der Waals surface area contributed by atoms with Gasteiger partial charge in [0.25, 0.3) is 0 Å². The van der Waals surface area contributed by atoms with Gasteiger partial charge >= 0.3 is 0 Å². The summed E-state index contributed by atoms with van der Waals surface area (Å²) in [5.41, 5.74) is 1.48. The lowest BCUT2D eigenvalue weighted by atomic mass is 10.1. The molecule has 0 bridgehead atoms. The lowest BCUT2D eigenvalue weighted by Crippen LogP contribution is -2.52. The molecule has 2 amide bonds. The molecular weight excluding hydrogens is 497 g/mol. The highest BCUT2D eigenvalue weighted by molar-refractivity contribution is 7.92. The van der Waals surface area contributed by atoms with Gasteiger partial charge in [0, 0.05) is 22.6 Å². The van der Waals surface area contributed by atoms with Crippen LogP contribution in [0.1, 0.15) is 38.3 Å². The van der Waals surface area contributed by atoms with Gasteiger partial charge in [-0.15, -0.1) is 0 Å². The highest BCUT2D eigenvalue weighted by Gasteiger charge is 2.31. The quantitative estimate of drug-likeness (QED) is 0.495. The fourth-order valence-electron chi connectivity index (χ4n) is 3.32. The Morgan fingerprint density at radius 3 is 2.24 bits per heavy atom. The van der Waals surface area contributed by atoms with E-state index < -0.39 is 28.5 Å². The maximum Gasteiger partial charge on any atom is 0.244 e. The molecule has 186 valence electrons. The summed E-state index contributed by atoms with van der Waals surface area (Å²) >= 11 is 12.5. The van der Waals surface area contributed by atoms with Crippen molar-refractivity contribution >= 4 is 50.7 Å². The van der Waals surface area contributed by atoms with Gasteiger partial charge in [-0.2, -0.15) is 0 Å². The molecule has 2 rings (SSSR count). The Morgan fingerprint density at radius 1 is 1.03 bits per heavy atom. The fraction of sp³-hybridized carbons (Fsp3) is 0.417. The number of rotatable bonds is 10. The van der Waals surface area contributed by atoms with E-state index in [1.165, 1.54) is 4.90 Å². The van der Waals surface area contributed by atoms with Crippen LogP contribution in [0.3, 0.4) is 0 Å². The van der Waals surface area contributed by atoms with E-state index in [4.69, 9.17) is 23.2 Å². The van der Waals surface area contributed by atoms with Crippen molar-refractivity contribution in [2.75, 3.05) is 17.1 Å². The van der Waals surface area contributed by atoms with Gasteiger partial charge in [-0.25, -0.2) is 8.42 Å². The molecule has 0 saturated carbocycles. The number of nitrogens with one attached hydrogen (secondary N) is 1. The number of nitrogens with zero attached hydrogens (tertiary/aromatic N) is 2. The van der Waals surface area contributed by atoms with Crippen LogP contribution in [-0.2, 0) is 26.2 Å². The third kappa shape index (κ3) is 7.10. The maximum absolute atomic E-state index is 13.6. The van der Waals surface area contributed by atoms with Crippen LogP contribution in [0.15, 0.2) is 42.5 Å². The van der Waals surface area contributed by atoms with E-state index >= 15 is 0 Å². The van der Waals surface area contributed by atoms with Crippen LogP contribution in [0, 0.1) is 6.92 Å². The Bertz CT molecular complexity index is 1140. The number of hydrogen-bond acceptors (Lipinski definition) is 4. The minimum atomic E-state index is -3.84. The fourth-order valence-corrected chi connectivity index (χ4v) is 4.58. The number of carbonyl (C=O) groups excluding carboxylic acids is 2. The monoisotopic (exact) mass is 527 g/mol. The SMILES string of the molecule is CC[C@H](C)NC(=O)[C@@H](C)N(Cc1ccccc1Cl)C(=O)CN(c1cccc(Cl)c1C)S(C)(=O)=O. The standard InChI is InChI=1S/C24H31Cl2N3O4S/c1-6-16(2)27-24(31)18(4)28(14-19-10-7-8-11-21(19)26)23(30)15-29(34(5,32)33)22-13-9-12-20(25)17(22)3/h7-13,16,18H,6,14-15H2,1-5H3,(H,27,31)/t16-,18+/m0/s1. The topological polar surface area (TPSA) is 86.8 Å². The van der Waals surface area contributed by atoms with Crippen molar-refractivity contribution in [2.45, 2.75) is 52.7 Å². The molecule has 0 aliphatic rings. The van der Waals surface area contributed by atoms with Crippen LogP contribution >= 0.6 is 23.2 Å². The number of sulfonamides is 1. The first-order chi connectivity index (χ1) is 15.9. The summed E-state index contributed by atoms with van der Waals surface area (Å²) in [7, 11) is -3.84. The number of hydrogen-bond donors (Lipinski definition) is 1. The molecule has 1 N–H and O–H groups in total. The van der Waals surface area contributed by atoms with Crippen molar-refractivity contribution in [3.8, 4) is 0 Å². The Balaban J connectivity index is 2.45. The Labute approximate surface area is 212 Å². The van der Waals surface area contributed by atoms with Gasteiger partial charge < -0.3 is 10.2 Å². The molecular formula is C24H31Cl2N3O4S. The first kappa shape index (κ1) is 28.0. The van der Waals surface area contributed by atoms with Gasteiger partial charge in [-0.05, 0) is 56.5 Å². The van der Waals surface area contributed by atoms with Crippen LogP contribution < -0.4 is 9.62 Å². The first-order valence-electron chi connectivity index (χ1n) is 10.9. The molecule has 0 saturated heterocycles. The minimum Gasteiger partial charge on any atom is -0.352 e. The van der Waals surface area contributed by atoms with E-state index in [1.54, 1.807) is 56.3 Å². The predicted molar refractivity (Wildman–Crippen MR) is 138 cm³/mol. The molecule has 10 heteroatoms. The average molecular weight is 529 g/mol. The number of carbonyl (C=O) groups is 2. The molecule has 2 aromatic rings. The third-order valence-corrected chi connectivity index (χ3v) is 7.56. The zero-order valence-electron chi connectivity index (χ0n) is 20.0. The Morgan fingerprint density at radius 2 is 1.65 bits per heavy atom. The van der Waals surface area contributed by atoms with Crippen molar-refractivity contribution in [1.29, 1.82) is 0 Å². The van der Waals surface area contributed by atoms with Gasteiger partial charge in [-0.1, -0.05) is 54.4 Å². The van der Waals surface area contributed by atoms with E-state index in [-0.39, 0.29) is 18.5 Å². The highest BCUT2D eigenvalue weighted by Crippen LogP contribution is 2.28. The van der Waals surface area contributed by atoms with Crippen LogP contribution in [0.25, 0.3) is 0 Å². The summed E-state index contributed by atoms with van der Waals surface area (Å²) in [6, 6.07) is 10.9. The van der Waals surface area contributed by atoms with Gasteiger partial charge in [-0.3, -0.25) is 13.9 Å². The Hall–Kier alpha value is -2.29. The predicted octanol–water partition coefficient (Wildman–Crippen LogP) is 4.40. The zero-order valence-corrected chi connectivity index (χ0v) is 22.3. The van der Waals surface area contributed by atoms with Gasteiger partial charge in [0.05, 0.1) is 11.9 Å². The van der Waals surface area contributed by atoms with Crippen molar-refractivity contribution in [1.82, 2.24) is 10.2 Å². The molecule has 0 aliphatic carbocycles. The summed E-state index contributed by atoms with van der Waals surface area (Å²) in [5, 5.41) is 3.71. The molecule has 0 heterocycles. The van der Waals surface area contributed by atoms with Crippen molar-refractivity contribution in [2.24, 2.45) is 0 Å². The molecule has 0 aromatic heterocycles. The summed E-state index contributed by atoms with van der Waals surface area (Å²) in [6.07, 6.45) is 1.75. The second-order valence-corrected chi connectivity index (χ2v) is 11.0. The van der Waals surface area contributed by atoms with Gasteiger partial charge in [0.2, 0.25) is 21.8 Å². The normalized spacial score (nSPS) is 13.1. The third-order valence-electron chi connectivity index (χ3n) is 5.65. The largest absolute Gasteiger partial charge is 0.352 e. The van der Waals surface area contributed by atoms with E-state index in [0.717, 1.165) is 17.0 Å². The lowest BCUT2D eigenvalue weighted by Gasteiger charge is -2.32. The van der Waals surface area contributed by atoms with Crippen molar-refractivity contribution in [3.63, 3.8) is 0 Å². The molecule has 7 nitrogen and oxygen atoms in total. The summed E-state index contributed by atoms with van der Waals surface area (Å²) in [4.78, 5) is 27.8. The van der Waals surface area contributed by atoms with E-state index in [2.05, 4.69) is 5.32 Å². The second kappa shape index (κ2) is 11.9. The van der Waals surface area contributed by atoms with E-state index in [0.29, 0.717) is 26.9 Å². The maximum atomic E-state index is 13.6. The Kier molecular flexibility index (Phi) is 9.79. The first-order valence-corrected chi connectivity index (χ1v) is 13.5. The molecule has 2 aromatic carbocycles.